The van der Waals surface area contributed by atoms with Crippen molar-refractivity contribution in [3.05, 3.63) is 35.4 Å². The van der Waals surface area contributed by atoms with Crippen LogP contribution in [0.3, 0.4) is 0 Å². The molecule has 7 heteroatoms. The first kappa shape index (κ1) is 24.7. The predicted octanol–water partition coefficient (Wildman–Crippen LogP) is 3.20. The van der Waals surface area contributed by atoms with Crippen LogP contribution in [0.15, 0.2) is 24.3 Å². The van der Waals surface area contributed by atoms with Crippen molar-refractivity contribution in [2.75, 3.05) is 26.2 Å². The molecule has 0 atom stereocenters. The molecule has 1 aliphatic heterocycles. The number of aryl methyl sites for hydroxylation is 2. The smallest absolute Gasteiger partial charge is 0.407 e. The molecule has 1 saturated heterocycles. The van der Waals surface area contributed by atoms with Crippen LogP contribution < -0.4 is 10.6 Å². The number of hydrogen-bond donors (Lipinski definition) is 2. The van der Waals surface area contributed by atoms with Crippen LogP contribution in [0.2, 0.25) is 0 Å². The molecule has 0 saturated carbocycles. The van der Waals surface area contributed by atoms with Crippen molar-refractivity contribution in [1.82, 2.24) is 15.5 Å². The van der Waals surface area contributed by atoms with E-state index in [0.717, 1.165) is 19.3 Å². The fraction of sp³-hybridized carbons (Fsp3) is 0.625. The molecule has 0 aliphatic carbocycles. The van der Waals surface area contributed by atoms with Gasteiger partial charge in [-0.25, -0.2) is 4.79 Å². The Labute approximate surface area is 185 Å². The van der Waals surface area contributed by atoms with Crippen molar-refractivity contribution in [2.24, 2.45) is 5.92 Å². The highest BCUT2D eigenvalue weighted by Crippen LogP contribution is 2.17. The van der Waals surface area contributed by atoms with Gasteiger partial charge in [-0.3, -0.25) is 9.59 Å². The lowest BCUT2D eigenvalue weighted by molar-refractivity contribution is -0.132. The average Bonchev–Trinajstić information content (AvgIpc) is 2.71. The van der Waals surface area contributed by atoms with Crippen LogP contribution in [-0.4, -0.2) is 54.6 Å². The third kappa shape index (κ3) is 9.85. The lowest BCUT2D eigenvalue weighted by Gasteiger charge is -2.32. The summed E-state index contributed by atoms with van der Waals surface area (Å²) in [5.41, 5.74) is 1.84. The third-order valence-corrected chi connectivity index (χ3v) is 5.32. The number of carbonyl (C=O) groups excluding carboxylic acids is 3. The first-order valence-corrected chi connectivity index (χ1v) is 11.2. The Hall–Kier alpha value is -2.57. The first-order valence-electron chi connectivity index (χ1n) is 11.2. The van der Waals surface area contributed by atoms with Gasteiger partial charge in [0, 0.05) is 39.0 Å². The zero-order valence-corrected chi connectivity index (χ0v) is 19.3. The molecule has 1 aliphatic rings. The second kappa shape index (κ2) is 11.7. The molecule has 2 N–H and O–H groups in total. The minimum absolute atomic E-state index is 0.0386. The Balaban J connectivity index is 1.58. The van der Waals surface area contributed by atoms with Gasteiger partial charge >= 0.3 is 6.09 Å². The number of hydrogen-bond acceptors (Lipinski definition) is 4. The van der Waals surface area contributed by atoms with E-state index in [1.54, 1.807) is 20.8 Å². The highest BCUT2D eigenvalue weighted by atomic mass is 16.6. The van der Waals surface area contributed by atoms with Crippen LogP contribution in [0.5, 0.6) is 0 Å². The largest absolute Gasteiger partial charge is 0.444 e. The van der Waals surface area contributed by atoms with E-state index in [1.165, 1.54) is 11.1 Å². The molecule has 2 rings (SSSR count). The maximum absolute atomic E-state index is 12.3. The van der Waals surface area contributed by atoms with E-state index in [4.69, 9.17) is 4.74 Å². The van der Waals surface area contributed by atoms with E-state index in [-0.39, 0.29) is 24.8 Å². The standard InChI is InChI=1S/C24H37N3O4/c1-18-5-7-19(8-6-18)9-10-21(28)26-17-20-12-15-27(16-13-20)22(29)11-14-25-23(30)31-24(2,3)4/h5-8,20H,9-17H2,1-4H3,(H,25,30)(H,26,28). The molecule has 0 spiro atoms. The Morgan fingerprint density at radius 1 is 1.03 bits per heavy atom. The molecule has 3 amide bonds. The minimum atomic E-state index is -0.550. The fourth-order valence-corrected chi connectivity index (χ4v) is 3.49. The monoisotopic (exact) mass is 431 g/mol. The third-order valence-electron chi connectivity index (χ3n) is 5.32. The Kier molecular flexibility index (Phi) is 9.34. The van der Waals surface area contributed by atoms with Crippen LogP contribution >= 0.6 is 0 Å². The molecule has 172 valence electrons. The number of benzene rings is 1. The fourth-order valence-electron chi connectivity index (χ4n) is 3.49. The number of nitrogens with one attached hydrogen (secondary N) is 2. The average molecular weight is 432 g/mol. The highest BCUT2D eigenvalue weighted by molar-refractivity contribution is 5.77. The number of amides is 3. The van der Waals surface area contributed by atoms with Gasteiger partial charge < -0.3 is 20.3 Å². The van der Waals surface area contributed by atoms with E-state index in [1.807, 2.05) is 4.90 Å². The summed E-state index contributed by atoms with van der Waals surface area (Å²) in [5.74, 6) is 0.510. The normalized spacial score (nSPS) is 14.8. The van der Waals surface area contributed by atoms with Crippen LogP contribution in [0.25, 0.3) is 0 Å². The molecule has 0 unspecified atom stereocenters. The highest BCUT2D eigenvalue weighted by Gasteiger charge is 2.23. The molecule has 1 aromatic carbocycles. The Morgan fingerprint density at radius 3 is 2.29 bits per heavy atom. The van der Waals surface area contributed by atoms with Gasteiger partial charge in [-0.1, -0.05) is 29.8 Å². The predicted molar refractivity (Wildman–Crippen MR) is 121 cm³/mol. The van der Waals surface area contributed by atoms with Gasteiger partial charge in [-0.15, -0.1) is 0 Å². The van der Waals surface area contributed by atoms with E-state index in [0.29, 0.717) is 32.0 Å². The second-order valence-corrected chi connectivity index (χ2v) is 9.29. The van der Waals surface area contributed by atoms with Gasteiger partial charge in [-0.05, 0) is 58.4 Å². The summed E-state index contributed by atoms with van der Waals surface area (Å²) in [7, 11) is 0. The molecule has 0 aromatic heterocycles. The van der Waals surface area contributed by atoms with Crippen molar-refractivity contribution in [3.63, 3.8) is 0 Å². The van der Waals surface area contributed by atoms with Crippen LogP contribution in [0.1, 0.15) is 57.6 Å². The number of rotatable bonds is 8. The number of nitrogens with zero attached hydrogens (tertiary/aromatic N) is 1. The molecule has 0 bridgehead atoms. The number of carbonyl (C=O) groups is 3. The van der Waals surface area contributed by atoms with Gasteiger partial charge in [-0.2, -0.15) is 0 Å². The van der Waals surface area contributed by atoms with Crippen molar-refractivity contribution >= 4 is 17.9 Å². The number of ether oxygens (including phenoxy) is 1. The molecule has 1 heterocycles. The Morgan fingerprint density at radius 2 is 1.68 bits per heavy atom. The SMILES string of the molecule is Cc1ccc(CCC(=O)NCC2CCN(C(=O)CCNC(=O)OC(C)(C)C)CC2)cc1. The van der Waals surface area contributed by atoms with E-state index in [9.17, 15) is 14.4 Å². The maximum atomic E-state index is 12.3. The van der Waals surface area contributed by atoms with Crippen molar-refractivity contribution in [1.29, 1.82) is 0 Å². The van der Waals surface area contributed by atoms with Gasteiger partial charge in [0.1, 0.15) is 5.60 Å². The van der Waals surface area contributed by atoms with Gasteiger partial charge in [0.25, 0.3) is 0 Å². The number of likely N-dealkylation sites (tertiary alicyclic amines) is 1. The summed E-state index contributed by atoms with van der Waals surface area (Å²) in [6.07, 6.45) is 2.76. The maximum Gasteiger partial charge on any atom is 0.407 e. The lowest BCUT2D eigenvalue weighted by Crippen LogP contribution is -2.42. The van der Waals surface area contributed by atoms with Crippen molar-refractivity contribution < 1.29 is 19.1 Å². The van der Waals surface area contributed by atoms with E-state index < -0.39 is 11.7 Å². The molecule has 1 aromatic rings. The van der Waals surface area contributed by atoms with E-state index >= 15 is 0 Å². The summed E-state index contributed by atoms with van der Waals surface area (Å²) in [4.78, 5) is 38.0. The first-order chi connectivity index (χ1) is 14.6. The molecular formula is C24H37N3O4. The molecule has 31 heavy (non-hydrogen) atoms. The van der Waals surface area contributed by atoms with Gasteiger partial charge in [0.2, 0.25) is 11.8 Å². The second-order valence-electron chi connectivity index (χ2n) is 9.29. The van der Waals surface area contributed by atoms with Gasteiger partial charge in [0.15, 0.2) is 0 Å². The molecule has 0 radical (unpaired) electrons. The quantitative estimate of drug-likeness (QED) is 0.662. The summed E-state index contributed by atoms with van der Waals surface area (Å²) in [6.45, 7) is 9.76. The summed E-state index contributed by atoms with van der Waals surface area (Å²) >= 11 is 0. The number of alkyl carbamates (subject to hydrolysis) is 1. The zero-order valence-electron chi connectivity index (χ0n) is 19.3. The summed E-state index contributed by atoms with van der Waals surface area (Å²) in [5, 5.41) is 5.66. The Bertz CT molecular complexity index is 732. The summed E-state index contributed by atoms with van der Waals surface area (Å²) < 4.78 is 5.16. The van der Waals surface area contributed by atoms with Crippen molar-refractivity contribution in [2.45, 2.75) is 65.4 Å². The van der Waals surface area contributed by atoms with E-state index in [2.05, 4.69) is 41.8 Å². The van der Waals surface area contributed by atoms with Crippen LogP contribution in [0, 0.1) is 12.8 Å². The minimum Gasteiger partial charge on any atom is -0.444 e. The van der Waals surface area contributed by atoms with Crippen molar-refractivity contribution in [3.8, 4) is 0 Å². The van der Waals surface area contributed by atoms with Crippen LogP contribution in [0.4, 0.5) is 4.79 Å². The molecular weight excluding hydrogens is 394 g/mol. The topological polar surface area (TPSA) is 87.7 Å². The molecule has 7 nitrogen and oxygen atoms in total. The lowest BCUT2D eigenvalue weighted by atomic mass is 9.96. The number of piperidine rings is 1. The zero-order chi connectivity index (χ0) is 22.9. The summed E-state index contributed by atoms with van der Waals surface area (Å²) in [6, 6.07) is 8.27. The molecule has 1 fully saturated rings. The van der Waals surface area contributed by atoms with Crippen LogP contribution in [-0.2, 0) is 20.7 Å². The van der Waals surface area contributed by atoms with Gasteiger partial charge in [0.05, 0.1) is 0 Å².